The Balaban J connectivity index is 2.33. The highest BCUT2D eigenvalue weighted by atomic mass is 16.6. The molecule has 0 aliphatic rings. The lowest BCUT2D eigenvalue weighted by molar-refractivity contribution is -0.384. The van der Waals surface area contributed by atoms with Crippen molar-refractivity contribution in [2.24, 2.45) is 0 Å². The minimum atomic E-state index is -0.982. The molecule has 0 amide bonds. The van der Waals surface area contributed by atoms with Gasteiger partial charge < -0.3 is 14.3 Å². The van der Waals surface area contributed by atoms with E-state index in [0.717, 1.165) is 10.6 Å². The van der Waals surface area contributed by atoms with E-state index < -0.39 is 28.6 Å². The van der Waals surface area contributed by atoms with Gasteiger partial charge in [0.1, 0.15) is 12.2 Å². The third-order valence-electron chi connectivity index (χ3n) is 3.74. The fourth-order valence-corrected chi connectivity index (χ4v) is 2.64. The number of nitro benzene ring substituents is 1. The number of fused-ring (bicyclic) bond motifs is 1. The summed E-state index contributed by atoms with van der Waals surface area (Å²) in [4.78, 5) is 49.0. The number of aromatic nitrogens is 3. The molecule has 0 unspecified atom stereocenters. The number of H-pyrrole nitrogens is 1. The summed E-state index contributed by atoms with van der Waals surface area (Å²) in [5.41, 5.74) is -1.75. The highest BCUT2D eigenvalue weighted by Crippen LogP contribution is 2.27. The Bertz CT molecular complexity index is 1110. The first kappa shape index (κ1) is 17.1. The van der Waals surface area contributed by atoms with Crippen LogP contribution in [0.2, 0.25) is 0 Å². The van der Waals surface area contributed by atoms with Crippen LogP contribution in [0.15, 0.2) is 46.2 Å². The highest BCUT2D eigenvalue weighted by Gasteiger charge is 2.20. The summed E-state index contributed by atoms with van der Waals surface area (Å²) in [5.74, 6) is -0.692. The van der Waals surface area contributed by atoms with Crippen LogP contribution in [0.1, 0.15) is 6.92 Å². The van der Waals surface area contributed by atoms with Gasteiger partial charge in [-0.1, -0.05) is 0 Å². The van der Waals surface area contributed by atoms with Gasteiger partial charge in [-0.05, 0) is 25.1 Å². The maximum atomic E-state index is 12.2. The van der Waals surface area contributed by atoms with Crippen molar-refractivity contribution in [3.05, 3.63) is 67.5 Å². The number of nitrogens with one attached hydrogen (secondary N) is 1. The van der Waals surface area contributed by atoms with Gasteiger partial charge in [-0.3, -0.25) is 29.1 Å². The van der Waals surface area contributed by atoms with Gasteiger partial charge in [-0.25, -0.2) is 0 Å². The number of carbonyl (C=O) groups is 1. The summed E-state index contributed by atoms with van der Waals surface area (Å²) in [7, 11) is 0. The number of benzene rings is 1. The van der Waals surface area contributed by atoms with E-state index in [2.05, 4.69) is 4.98 Å². The molecular formula is C16H14N4O6. The number of esters is 1. The topological polar surface area (TPSA) is 129 Å². The summed E-state index contributed by atoms with van der Waals surface area (Å²) >= 11 is 0. The quantitative estimate of drug-likeness (QED) is 0.313. The molecule has 0 fully saturated rings. The lowest BCUT2D eigenvalue weighted by atomic mass is 10.2. The van der Waals surface area contributed by atoms with Crippen LogP contribution in [-0.2, 0) is 16.1 Å². The first-order chi connectivity index (χ1) is 12.4. The molecular weight excluding hydrogens is 344 g/mol. The van der Waals surface area contributed by atoms with Crippen molar-refractivity contribution in [1.29, 1.82) is 0 Å². The molecule has 0 saturated heterocycles. The van der Waals surface area contributed by atoms with Crippen LogP contribution in [0.25, 0.3) is 16.7 Å². The largest absolute Gasteiger partial charge is 0.465 e. The van der Waals surface area contributed by atoms with Crippen molar-refractivity contribution in [2.45, 2.75) is 13.5 Å². The molecule has 0 aliphatic carbocycles. The zero-order valence-corrected chi connectivity index (χ0v) is 13.7. The summed E-state index contributed by atoms with van der Waals surface area (Å²) in [6.45, 7) is 1.26. The SMILES string of the molecule is CCOC(=O)Cn1c(=O)c(=O)[nH]c2cc([N+](=O)[O-])c(-n3cccc3)cc21. The van der Waals surface area contributed by atoms with Crippen molar-refractivity contribution in [1.82, 2.24) is 14.1 Å². The molecule has 1 N–H and O–H groups in total. The molecule has 0 aliphatic heterocycles. The van der Waals surface area contributed by atoms with E-state index in [4.69, 9.17) is 4.74 Å². The van der Waals surface area contributed by atoms with E-state index >= 15 is 0 Å². The molecule has 0 radical (unpaired) electrons. The Hall–Kier alpha value is -3.69. The second kappa shape index (κ2) is 6.67. The number of nitrogens with zero attached hydrogens (tertiary/aromatic N) is 3. The molecule has 0 saturated carbocycles. The Morgan fingerprint density at radius 2 is 1.96 bits per heavy atom. The van der Waals surface area contributed by atoms with Crippen LogP contribution in [0.3, 0.4) is 0 Å². The average Bonchev–Trinajstić information content (AvgIpc) is 3.12. The predicted molar refractivity (Wildman–Crippen MR) is 91.4 cm³/mol. The van der Waals surface area contributed by atoms with Crippen molar-refractivity contribution in [3.8, 4) is 5.69 Å². The number of hydrogen-bond donors (Lipinski definition) is 1. The third kappa shape index (κ3) is 2.99. The van der Waals surface area contributed by atoms with Gasteiger partial charge in [0, 0.05) is 18.5 Å². The van der Waals surface area contributed by atoms with Crippen LogP contribution in [0, 0.1) is 10.1 Å². The molecule has 0 bridgehead atoms. The Labute approximate surface area is 145 Å². The number of aromatic amines is 1. The van der Waals surface area contributed by atoms with Gasteiger partial charge in [0.25, 0.3) is 5.69 Å². The van der Waals surface area contributed by atoms with Crippen LogP contribution in [-0.4, -0.2) is 31.6 Å². The molecule has 3 rings (SSSR count). The summed E-state index contributed by atoms with van der Waals surface area (Å²) in [5, 5.41) is 11.4. The summed E-state index contributed by atoms with van der Waals surface area (Å²) in [6.07, 6.45) is 3.21. The smallest absolute Gasteiger partial charge is 0.326 e. The van der Waals surface area contributed by atoms with Gasteiger partial charge >= 0.3 is 17.1 Å². The van der Waals surface area contributed by atoms with Crippen molar-refractivity contribution in [2.75, 3.05) is 6.61 Å². The minimum Gasteiger partial charge on any atom is -0.465 e. The molecule has 10 heteroatoms. The fraction of sp³-hybridized carbons (Fsp3) is 0.188. The Morgan fingerprint density at radius 3 is 2.58 bits per heavy atom. The zero-order valence-electron chi connectivity index (χ0n) is 13.7. The Kier molecular flexibility index (Phi) is 4.40. The first-order valence-corrected chi connectivity index (χ1v) is 7.66. The molecule has 1 aromatic carbocycles. The molecule has 26 heavy (non-hydrogen) atoms. The van der Waals surface area contributed by atoms with Crippen molar-refractivity contribution < 1.29 is 14.5 Å². The van der Waals surface area contributed by atoms with E-state index in [0.29, 0.717) is 0 Å². The molecule has 3 aromatic rings. The van der Waals surface area contributed by atoms with Crippen LogP contribution in [0.4, 0.5) is 5.69 Å². The molecule has 0 atom stereocenters. The van der Waals surface area contributed by atoms with Crippen LogP contribution < -0.4 is 11.1 Å². The molecule has 10 nitrogen and oxygen atoms in total. The van der Waals surface area contributed by atoms with E-state index in [9.17, 15) is 24.5 Å². The summed E-state index contributed by atoms with van der Waals surface area (Å²) < 4.78 is 7.28. The van der Waals surface area contributed by atoms with Crippen molar-refractivity contribution in [3.63, 3.8) is 0 Å². The van der Waals surface area contributed by atoms with Crippen molar-refractivity contribution >= 4 is 22.7 Å². The van der Waals surface area contributed by atoms with E-state index in [1.54, 1.807) is 31.5 Å². The van der Waals surface area contributed by atoms with Gasteiger partial charge in [0.05, 0.1) is 22.6 Å². The summed E-state index contributed by atoms with van der Waals surface area (Å²) in [6, 6.07) is 5.91. The van der Waals surface area contributed by atoms with E-state index in [-0.39, 0.29) is 29.0 Å². The molecule has 2 heterocycles. The minimum absolute atomic E-state index is 0.0708. The predicted octanol–water partition coefficient (Wildman–Crippen LogP) is 0.952. The van der Waals surface area contributed by atoms with E-state index in [1.165, 1.54) is 10.6 Å². The van der Waals surface area contributed by atoms with Gasteiger partial charge in [0.2, 0.25) is 0 Å². The molecule has 0 spiro atoms. The standard InChI is InChI=1S/C16H14N4O6/c1-2-26-14(21)9-19-11-8-12(18-5-3-4-6-18)13(20(24)25)7-10(11)17-15(22)16(19)23/h3-8H,2,9H2,1H3,(H,17,22). The fourth-order valence-electron chi connectivity index (χ4n) is 2.64. The van der Waals surface area contributed by atoms with Gasteiger partial charge in [0.15, 0.2) is 0 Å². The molecule has 2 aromatic heterocycles. The van der Waals surface area contributed by atoms with Crippen LogP contribution in [0.5, 0.6) is 0 Å². The molecule has 134 valence electrons. The number of carbonyl (C=O) groups excluding carboxylic acids is 1. The highest BCUT2D eigenvalue weighted by molar-refractivity contribution is 5.83. The zero-order chi connectivity index (χ0) is 18.8. The lowest BCUT2D eigenvalue weighted by Gasteiger charge is -2.11. The Morgan fingerprint density at radius 1 is 1.27 bits per heavy atom. The number of nitro groups is 1. The third-order valence-corrected chi connectivity index (χ3v) is 3.74. The number of ether oxygens (including phenoxy) is 1. The van der Waals surface area contributed by atoms with E-state index in [1.807, 2.05) is 0 Å². The first-order valence-electron chi connectivity index (χ1n) is 7.66. The van der Waals surface area contributed by atoms with Gasteiger partial charge in [-0.15, -0.1) is 0 Å². The lowest BCUT2D eigenvalue weighted by Crippen LogP contribution is -2.38. The van der Waals surface area contributed by atoms with Gasteiger partial charge in [-0.2, -0.15) is 0 Å². The van der Waals surface area contributed by atoms with Crippen LogP contribution >= 0.6 is 0 Å². The second-order valence-corrected chi connectivity index (χ2v) is 5.36. The average molecular weight is 358 g/mol. The second-order valence-electron chi connectivity index (χ2n) is 5.36. The maximum absolute atomic E-state index is 12.2. The number of hydrogen-bond acceptors (Lipinski definition) is 6. The normalized spacial score (nSPS) is 10.8. The number of rotatable bonds is 5. The monoisotopic (exact) mass is 358 g/mol. The maximum Gasteiger partial charge on any atom is 0.326 e.